The fourth-order valence-corrected chi connectivity index (χ4v) is 0.555. The van der Waals surface area contributed by atoms with E-state index < -0.39 is 11.8 Å². The number of carbonyl (C=O) groups is 1. The molecule has 5 nitrogen and oxygen atoms in total. The van der Waals surface area contributed by atoms with Crippen LogP contribution in [-0.4, -0.2) is 25.5 Å². The highest BCUT2D eigenvalue weighted by atomic mass is 16.5. The molecule has 13 heavy (non-hydrogen) atoms. The van der Waals surface area contributed by atoms with E-state index >= 15 is 0 Å². The second-order valence-corrected chi connectivity index (χ2v) is 2.63. The SMILES string of the molecule is CCOC(=O)/N=N/C(C)(CC)OC. The number of hydrogen-bond donors (Lipinski definition) is 0. The van der Waals surface area contributed by atoms with Crippen molar-refractivity contribution in [2.45, 2.75) is 32.9 Å². The van der Waals surface area contributed by atoms with Gasteiger partial charge < -0.3 is 9.47 Å². The number of methoxy groups -OCH3 is 1. The van der Waals surface area contributed by atoms with Gasteiger partial charge in [-0.05, 0) is 20.3 Å². The number of hydrogen-bond acceptors (Lipinski definition) is 4. The standard InChI is InChI=1S/C8H16N2O3/c1-5-8(3,12-4)10-9-7(11)13-6-2/h5-6H2,1-4H3/b10-9+. The first-order valence-corrected chi connectivity index (χ1v) is 4.22. The zero-order valence-electron chi connectivity index (χ0n) is 8.53. The molecule has 1 unspecified atom stereocenters. The lowest BCUT2D eigenvalue weighted by Crippen LogP contribution is -2.22. The topological polar surface area (TPSA) is 60.2 Å². The number of carbonyl (C=O) groups excluding carboxylic acids is 1. The van der Waals surface area contributed by atoms with E-state index in [1.54, 1.807) is 13.8 Å². The Balaban J connectivity index is 4.14. The Bertz CT molecular complexity index is 188. The first-order valence-electron chi connectivity index (χ1n) is 4.22. The molecular weight excluding hydrogens is 172 g/mol. The molecule has 0 radical (unpaired) electrons. The van der Waals surface area contributed by atoms with Crippen LogP contribution in [0.1, 0.15) is 27.2 Å². The van der Waals surface area contributed by atoms with Gasteiger partial charge >= 0.3 is 6.09 Å². The van der Waals surface area contributed by atoms with E-state index in [2.05, 4.69) is 15.0 Å². The Morgan fingerprint density at radius 1 is 1.46 bits per heavy atom. The third-order valence-electron chi connectivity index (χ3n) is 1.71. The number of nitrogens with zero attached hydrogens (tertiary/aromatic N) is 2. The molecule has 0 saturated carbocycles. The van der Waals surface area contributed by atoms with Gasteiger partial charge in [-0.25, -0.2) is 4.79 Å². The first-order chi connectivity index (χ1) is 6.08. The van der Waals surface area contributed by atoms with Crippen LogP contribution in [0.15, 0.2) is 10.2 Å². The zero-order valence-corrected chi connectivity index (χ0v) is 8.53. The Kier molecular flexibility index (Phi) is 5.22. The summed E-state index contributed by atoms with van der Waals surface area (Å²) >= 11 is 0. The van der Waals surface area contributed by atoms with E-state index in [-0.39, 0.29) is 0 Å². The minimum atomic E-state index is -0.729. The van der Waals surface area contributed by atoms with E-state index in [9.17, 15) is 4.79 Å². The van der Waals surface area contributed by atoms with Crippen LogP contribution in [0.4, 0.5) is 4.79 Å². The highest BCUT2D eigenvalue weighted by Crippen LogP contribution is 2.15. The van der Waals surface area contributed by atoms with Gasteiger partial charge in [0.05, 0.1) is 6.61 Å². The van der Waals surface area contributed by atoms with Crippen LogP contribution in [-0.2, 0) is 9.47 Å². The van der Waals surface area contributed by atoms with Crippen molar-refractivity contribution in [1.82, 2.24) is 0 Å². The van der Waals surface area contributed by atoms with Crippen molar-refractivity contribution in [3.05, 3.63) is 0 Å². The molecule has 0 aromatic carbocycles. The summed E-state index contributed by atoms with van der Waals surface area (Å²) in [6, 6.07) is 0. The molecule has 0 saturated heterocycles. The maximum Gasteiger partial charge on any atom is 0.452 e. The molecule has 5 heteroatoms. The van der Waals surface area contributed by atoms with Gasteiger partial charge in [-0.2, -0.15) is 0 Å². The molecule has 0 spiro atoms. The van der Waals surface area contributed by atoms with Crippen molar-refractivity contribution in [3.63, 3.8) is 0 Å². The molecule has 0 rings (SSSR count). The summed E-state index contributed by atoms with van der Waals surface area (Å²) in [5.41, 5.74) is -0.729. The lowest BCUT2D eigenvalue weighted by atomic mass is 10.2. The summed E-state index contributed by atoms with van der Waals surface area (Å²) in [6.07, 6.45) is -0.0360. The molecule has 0 N–H and O–H groups in total. The highest BCUT2D eigenvalue weighted by molar-refractivity contribution is 5.67. The fraction of sp³-hybridized carbons (Fsp3) is 0.875. The second kappa shape index (κ2) is 5.64. The molecule has 0 fully saturated rings. The summed E-state index contributed by atoms with van der Waals surface area (Å²) in [4.78, 5) is 10.8. The molecule has 1 atom stereocenters. The lowest BCUT2D eigenvalue weighted by molar-refractivity contribution is 0.00377. The predicted molar refractivity (Wildman–Crippen MR) is 47.6 cm³/mol. The maximum atomic E-state index is 10.8. The van der Waals surface area contributed by atoms with Crippen molar-refractivity contribution < 1.29 is 14.3 Å². The minimum absolute atomic E-state index is 0.299. The monoisotopic (exact) mass is 188 g/mol. The van der Waals surface area contributed by atoms with E-state index in [1.807, 2.05) is 6.92 Å². The smallest absolute Gasteiger partial charge is 0.447 e. The van der Waals surface area contributed by atoms with Gasteiger partial charge in [0.15, 0.2) is 5.72 Å². The number of azo groups is 1. The summed E-state index contributed by atoms with van der Waals surface area (Å²) in [7, 11) is 1.52. The van der Waals surface area contributed by atoms with Gasteiger partial charge in [-0.1, -0.05) is 12.0 Å². The summed E-state index contributed by atoms with van der Waals surface area (Å²) in [5.74, 6) is 0. The largest absolute Gasteiger partial charge is 0.452 e. The van der Waals surface area contributed by atoms with E-state index in [1.165, 1.54) is 7.11 Å². The third-order valence-corrected chi connectivity index (χ3v) is 1.71. The second-order valence-electron chi connectivity index (χ2n) is 2.63. The predicted octanol–water partition coefficient (Wildman–Crippen LogP) is 2.37. The number of amides is 1. The molecule has 0 aromatic rings. The van der Waals surface area contributed by atoms with Crippen molar-refractivity contribution in [2.24, 2.45) is 10.2 Å². The highest BCUT2D eigenvalue weighted by Gasteiger charge is 2.20. The van der Waals surface area contributed by atoms with E-state index in [4.69, 9.17) is 4.74 Å². The Labute approximate surface area is 78.1 Å². The van der Waals surface area contributed by atoms with Crippen molar-refractivity contribution >= 4 is 6.09 Å². The van der Waals surface area contributed by atoms with Crippen LogP contribution < -0.4 is 0 Å². The average Bonchev–Trinajstić information content (AvgIpc) is 2.15. The van der Waals surface area contributed by atoms with Gasteiger partial charge in [-0.3, -0.25) is 0 Å². The van der Waals surface area contributed by atoms with Gasteiger partial charge in [0.2, 0.25) is 0 Å². The lowest BCUT2D eigenvalue weighted by Gasteiger charge is -2.18. The van der Waals surface area contributed by atoms with Crippen LogP contribution in [0.3, 0.4) is 0 Å². The van der Waals surface area contributed by atoms with Crippen molar-refractivity contribution in [3.8, 4) is 0 Å². The van der Waals surface area contributed by atoms with Gasteiger partial charge in [0, 0.05) is 7.11 Å². The summed E-state index contributed by atoms with van der Waals surface area (Å²) in [5, 5.41) is 7.11. The fourth-order valence-electron chi connectivity index (χ4n) is 0.555. The van der Waals surface area contributed by atoms with E-state index in [0.717, 1.165) is 0 Å². The average molecular weight is 188 g/mol. The molecular formula is C8H16N2O3. The van der Waals surface area contributed by atoms with Crippen LogP contribution in [0, 0.1) is 0 Å². The summed E-state index contributed by atoms with van der Waals surface area (Å²) < 4.78 is 9.62. The maximum absolute atomic E-state index is 10.8. The molecule has 76 valence electrons. The molecule has 0 aliphatic rings. The normalized spacial score (nSPS) is 15.7. The Hall–Kier alpha value is -0.970. The molecule has 0 aliphatic heterocycles. The van der Waals surface area contributed by atoms with Gasteiger partial charge in [0.25, 0.3) is 0 Å². The third kappa shape index (κ3) is 4.57. The van der Waals surface area contributed by atoms with Crippen LogP contribution >= 0.6 is 0 Å². The first kappa shape index (κ1) is 12.0. The molecule has 0 bridgehead atoms. The number of ether oxygens (including phenoxy) is 2. The molecule has 1 amide bonds. The Morgan fingerprint density at radius 2 is 2.08 bits per heavy atom. The van der Waals surface area contributed by atoms with Crippen molar-refractivity contribution in [2.75, 3.05) is 13.7 Å². The van der Waals surface area contributed by atoms with Gasteiger partial charge in [0.1, 0.15) is 0 Å². The molecule has 0 aliphatic carbocycles. The van der Waals surface area contributed by atoms with Gasteiger partial charge in [-0.15, -0.1) is 5.11 Å². The summed E-state index contributed by atoms with van der Waals surface area (Å²) in [6.45, 7) is 5.65. The zero-order chi connectivity index (χ0) is 10.3. The van der Waals surface area contributed by atoms with Crippen LogP contribution in [0.2, 0.25) is 0 Å². The molecule has 0 heterocycles. The quantitative estimate of drug-likeness (QED) is 0.636. The van der Waals surface area contributed by atoms with E-state index in [0.29, 0.717) is 13.0 Å². The molecule has 0 aromatic heterocycles. The van der Waals surface area contributed by atoms with Crippen molar-refractivity contribution in [1.29, 1.82) is 0 Å². The Morgan fingerprint density at radius 3 is 2.46 bits per heavy atom. The number of rotatable bonds is 4. The van der Waals surface area contributed by atoms with Crippen LogP contribution in [0.25, 0.3) is 0 Å². The van der Waals surface area contributed by atoms with Crippen LogP contribution in [0.5, 0.6) is 0 Å². The minimum Gasteiger partial charge on any atom is -0.447 e.